The molecule has 0 radical (unpaired) electrons. The van der Waals surface area contributed by atoms with Crippen molar-refractivity contribution in [3.63, 3.8) is 0 Å². The number of likely N-dealkylation sites (tertiary alicyclic amines) is 1. The lowest BCUT2D eigenvalue weighted by Gasteiger charge is -2.33. The van der Waals surface area contributed by atoms with Crippen molar-refractivity contribution in [3.05, 3.63) is 35.4 Å². The average molecular weight is 307 g/mol. The summed E-state index contributed by atoms with van der Waals surface area (Å²) in [6.45, 7) is -0.283. The van der Waals surface area contributed by atoms with E-state index in [2.05, 4.69) is 0 Å². The zero-order valence-corrected chi connectivity index (χ0v) is 11.1. The van der Waals surface area contributed by atoms with E-state index in [9.17, 15) is 26.7 Å². The van der Waals surface area contributed by atoms with Crippen LogP contribution in [0.3, 0.4) is 0 Å². The van der Waals surface area contributed by atoms with Gasteiger partial charge in [0.15, 0.2) is 5.78 Å². The van der Waals surface area contributed by atoms with Gasteiger partial charge in [-0.3, -0.25) is 9.69 Å². The minimum absolute atomic E-state index is 0.0303. The van der Waals surface area contributed by atoms with Crippen LogP contribution < -0.4 is 0 Å². The summed E-state index contributed by atoms with van der Waals surface area (Å²) >= 11 is 0. The van der Waals surface area contributed by atoms with Crippen LogP contribution in [-0.2, 0) is 0 Å². The van der Waals surface area contributed by atoms with Crippen LogP contribution in [0.5, 0.6) is 0 Å². The fraction of sp³-hybridized carbons (Fsp3) is 0.500. The van der Waals surface area contributed by atoms with Crippen molar-refractivity contribution in [2.75, 3.05) is 19.6 Å². The zero-order valence-electron chi connectivity index (χ0n) is 11.1. The van der Waals surface area contributed by atoms with Gasteiger partial charge in [0.2, 0.25) is 0 Å². The van der Waals surface area contributed by atoms with Gasteiger partial charge in [0.05, 0.1) is 18.0 Å². The van der Waals surface area contributed by atoms with Crippen molar-refractivity contribution in [1.82, 2.24) is 4.90 Å². The lowest BCUT2D eigenvalue weighted by molar-refractivity contribution is -0.186. The molecule has 2 nitrogen and oxygen atoms in total. The fourth-order valence-electron chi connectivity index (χ4n) is 2.47. The lowest BCUT2D eigenvalue weighted by atomic mass is 9.97. The van der Waals surface area contributed by atoms with Gasteiger partial charge in [-0.05, 0) is 37.6 Å². The summed E-state index contributed by atoms with van der Waals surface area (Å²) in [5, 5.41) is 0. The van der Waals surface area contributed by atoms with Crippen LogP contribution in [0.1, 0.15) is 23.2 Å². The highest BCUT2D eigenvalue weighted by molar-refractivity contribution is 5.97. The summed E-state index contributed by atoms with van der Waals surface area (Å²) in [4.78, 5) is 13.3. The summed E-state index contributed by atoms with van der Waals surface area (Å²) in [6.07, 6.45) is -3.95. The molecule has 0 N–H and O–H groups in total. The van der Waals surface area contributed by atoms with E-state index in [1.165, 1.54) is 4.90 Å². The van der Waals surface area contributed by atoms with Gasteiger partial charge in [-0.1, -0.05) is 0 Å². The highest BCUT2D eigenvalue weighted by Gasteiger charge is 2.41. The number of alkyl halides is 3. The number of Topliss-reactive ketones (excluding diaryl/α,β-unsaturated/α-hetero) is 1. The Morgan fingerprint density at radius 2 is 2.00 bits per heavy atom. The number of ketones is 1. The normalized spacial score (nSPS) is 20.5. The Morgan fingerprint density at radius 3 is 2.67 bits per heavy atom. The molecule has 21 heavy (non-hydrogen) atoms. The number of carbonyl (C=O) groups is 1. The molecule has 0 aromatic heterocycles. The van der Waals surface area contributed by atoms with E-state index in [4.69, 9.17) is 0 Å². The summed E-state index contributed by atoms with van der Waals surface area (Å²) in [5.41, 5.74) is -0.427. The molecule has 1 aliphatic heterocycles. The van der Waals surface area contributed by atoms with Crippen LogP contribution in [0.25, 0.3) is 0 Å². The molecule has 1 aromatic carbocycles. The Balaban J connectivity index is 2.04. The Morgan fingerprint density at radius 1 is 1.29 bits per heavy atom. The number of piperidine rings is 1. The van der Waals surface area contributed by atoms with Crippen molar-refractivity contribution in [2.24, 2.45) is 5.92 Å². The predicted octanol–water partition coefficient (Wildman–Crippen LogP) is 3.42. The van der Waals surface area contributed by atoms with Crippen LogP contribution in [0.2, 0.25) is 0 Å². The third kappa shape index (κ3) is 4.00. The summed E-state index contributed by atoms with van der Waals surface area (Å²) < 4.78 is 64.5. The van der Waals surface area contributed by atoms with Gasteiger partial charge in [0.1, 0.15) is 11.6 Å². The first-order chi connectivity index (χ1) is 9.77. The number of nitrogens with zero attached hydrogens (tertiary/aromatic N) is 1. The number of halogens is 5. The molecule has 0 aliphatic carbocycles. The van der Waals surface area contributed by atoms with Gasteiger partial charge in [0.25, 0.3) is 0 Å². The SMILES string of the molecule is O=C(CN1CCCC(C(F)(F)F)C1)c1cc(F)ccc1F. The Hall–Kier alpha value is -1.50. The lowest BCUT2D eigenvalue weighted by Crippen LogP contribution is -2.43. The van der Waals surface area contributed by atoms with Crippen LogP contribution in [0.4, 0.5) is 22.0 Å². The van der Waals surface area contributed by atoms with Gasteiger partial charge < -0.3 is 0 Å². The molecule has 1 heterocycles. The summed E-state index contributed by atoms with van der Waals surface area (Å²) in [6, 6.07) is 2.48. The smallest absolute Gasteiger partial charge is 0.295 e. The second-order valence-electron chi connectivity index (χ2n) is 5.16. The van der Waals surface area contributed by atoms with Crippen molar-refractivity contribution in [1.29, 1.82) is 0 Å². The van der Waals surface area contributed by atoms with Crippen molar-refractivity contribution in [2.45, 2.75) is 19.0 Å². The van der Waals surface area contributed by atoms with Crippen LogP contribution in [0.15, 0.2) is 18.2 Å². The highest BCUT2D eigenvalue weighted by atomic mass is 19.4. The molecule has 1 saturated heterocycles. The van der Waals surface area contributed by atoms with E-state index in [0.29, 0.717) is 13.0 Å². The second kappa shape index (κ2) is 6.09. The predicted molar refractivity (Wildman–Crippen MR) is 65.9 cm³/mol. The third-order valence-electron chi connectivity index (χ3n) is 3.56. The van der Waals surface area contributed by atoms with E-state index in [1.54, 1.807) is 0 Å². The maximum Gasteiger partial charge on any atom is 0.393 e. The number of benzene rings is 1. The van der Waals surface area contributed by atoms with Crippen molar-refractivity contribution >= 4 is 5.78 Å². The Labute approximate surface area is 118 Å². The van der Waals surface area contributed by atoms with E-state index in [-0.39, 0.29) is 19.5 Å². The summed E-state index contributed by atoms with van der Waals surface area (Å²) in [7, 11) is 0. The molecule has 1 fully saturated rings. The molecule has 1 aliphatic rings. The average Bonchev–Trinajstić information content (AvgIpc) is 2.41. The molecule has 2 rings (SSSR count). The zero-order chi connectivity index (χ0) is 15.6. The molecule has 0 saturated carbocycles. The standard InChI is InChI=1S/C14H14F5NO/c15-10-3-4-12(16)11(6-10)13(21)8-20-5-1-2-9(7-20)14(17,18)19/h3-4,6,9H,1-2,5,7-8H2. The first-order valence-electron chi connectivity index (χ1n) is 6.54. The first-order valence-corrected chi connectivity index (χ1v) is 6.54. The first kappa shape index (κ1) is 15.9. The van der Waals surface area contributed by atoms with Gasteiger partial charge >= 0.3 is 6.18 Å². The minimum Gasteiger partial charge on any atom is -0.295 e. The number of hydrogen-bond donors (Lipinski definition) is 0. The van der Waals surface area contributed by atoms with Crippen molar-refractivity contribution in [3.8, 4) is 0 Å². The van der Waals surface area contributed by atoms with Crippen LogP contribution in [-0.4, -0.2) is 36.5 Å². The van der Waals surface area contributed by atoms with Gasteiger partial charge in [-0.25, -0.2) is 8.78 Å². The van der Waals surface area contributed by atoms with E-state index in [1.807, 2.05) is 0 Å². The molecular weight excluding hydrogens is 293 g/mol. The number of rotatable bonds is 3. The topological polar surface area (TPSA) is 20.3 Å². The van der Waals surface area contributed by atoms with E-state index in [0.717, 1.165) is 18.2 Å². The Bertz CT molecular complexity index is 529. The van der Waals surface area contributed by atoms with Crippen LogP contribution in [0, 0.1) is 17.6 Å². The van der Waals surface area contributed by atoms with Gasteiger partial charge in [-0.15, -0.1) is 0 Å². The molecule has 0 amide bonds. The number of carbonyl (C=O) groups excluding carboxylic acids is 1. The minimum atomic E-state index is -4.30. The molecule has 1 unspecified atom stereocenters. The van der Waals surface area contributed by atoms with Crippen molar-refractivity contribution < 1.29 is 26.7 Å². The molecule has 1 atom stereocenters. The van der Waals surface area contributed by atoms with Gasteiger partial charge in [0, 0.05) is 6.54 Å². The maximum atomic E-state index is 13.5. The highest BCUT2D eigenvalue weighted by Crippen LogP contribution is 2.33. The molecule has 0 spiro atoms. The van der Waals surface area contributed by atoms with Gasteiger partial charge in [-0.2, -0.15) is 13.2 Å². The third-order valence-corrected chi connectivity index (χ3v) is 3.56. The van der Waals surface area contributed by atoms with E-state index < -0.39 is 35.1 Å². The molecule has 7 heteroatoms. The molecule has 0 bridgehead atoms. The van der Waals surface area contributed by atoms with Crippen LogP contribution >= 0.6 is 0 Å². The molecular formula is C14H14F5NO. The number of hydrogen-bond acceptors (Lipinski definition) is 2. The Kier molecular flexibility index (Phi) is 4.61. The fourth-order valence-corrected chi connectivity index (χ4v) is 2.47. The molecule has 1 aromatic rings. The second-order valence-corrected chi connectivity index (χ2v) is 5.16. The maximum absolute atomic E-state index is 13.5. The van der Waals surface area contributed by atoms with E-state index >= 15 is 0 Å². The monoisotopic (exact) mass is 307 g/mol. The summed E-state index contributed by atoms with van der Waals surface area (Å²) in [5.74, 6) is -3.82. The molecule has 116 valence electrons. The quantitative estimate of drug-likeness (QED) is 0.630. The largest absolute Gasteiger partial charge is 0.393 e.